The van der Waals surface area contributed by atoms with E-state index in [-0.39, 0.29) is 17.8 Å². The smallest absolute Gasteiger partial charge is 0.158 e. The molecule has 62 valence electrons. The summed E-state index contributed by atoms with van der Waals surface area (Å²) in [5, 5.41) is 9.20. The van der Waals surface area contributed by atoms with Gasteiger partial charge in [-0.15, -0.1) is 0 Å². The fourth-order valence-electron chi connectivity index (χ4n) is 1.29. The van der Waals surface area contributed by atoms with Gasteiger partial charge >= 0.3 is 0 Å². The third-order valence-electron chi connectivity index (χ3n) is 2.30. The Kier molecular flexibility index (Phi) is 2.45. The van der Waals surface area contributed by atoms with E-state index in [9.17, 15) is 9.90 Å². The van der Waals surface area contributed by atoms with Crippen LogP contribution in [0.5, 0.6) is 0 Å². The highest BCUT2D eigenvalue weighted by molar-refractivity contribution is 5.95. The van der Waals surface area contributed by atoms with E-state index < -0.39 is 0 Å². The topological polar surface area (TPSA) is 37.3 Å². The van der Waals surface area contributed by atoms with Crippen LogP contribution in [0.2, 0.25) is 0 Å². The first-order valence-corrected chi connectivity index (χ1v) is 3.99. The van der Waals surface area contributed by atoms with Crippen molar-refractivity contribution in [3.05, 3.63) is 11.6 Å². The van der Waals surface area contributed by atoms with Crippen molar-refractivity contribution in [2.45, 2.75) is 32.8 Å². The molecule has 1 unspecified atom stereocenters. The van der Waals surface area contributed by atoms with Crippen molar-refractivity contribution in [3.8, 4) is 0 Å². The van der Waals surface area contributed by atoms with Crippen LogP contribution in [0.15, 0.2) is 11.6 Å². The molecule has 0 saturated carbocycles. The van der Waals surface area contributed by atoms with Gasteiger partial charge in [-0.1, -0.05) is 6.08 Å². The lowest BCUT2D eigenvalue weighted by Crippen LogP contribution is -2.23. The van der Waals surface area contributed by atoms with Gasteiger partial charge in [0.1, 0.15) is 0 Å². The lowest BCUT2D eigenvalue weighted by atomic mass is 9.86. The van der Waals surface area contributed by atoms with Gasteiger partial charge in [0, 0.05) is 6.42 Å². The summed E-state index contributed by atoms with van der Waals surface area (Å²) in [5.74, 6) is 0.327. The molecule has 0 aromatic carbocycles. The number of aliphatic hydroxyl groups excluding tert-OH is 1. The van der Waals surface area contributed by atoms with Crippen LogP contribution in [0.4, 0.5) is 0 Å². The number of allylic oxidation sites excluding steroid dienone is 2. The van der Waals surface area contributed by atoms with Crippen molar-refractivity contribution in [1.29, 1.82) is 0 Å². The van der Waals surface area contributed by atoms with Crippen LogP contribution in [0, 0.1) is 5.92 Å². The Bertz CT molecular complexity index is 192. The first-order valence-electron chi connectivity index (χ1n) is 3.99. The number of aliphatic hydroxyl groups is 1. The zero-order chi connectivity index (χ0) is 8.43. The van der Waals surface area contributed by atoms with Gasteiger partial charge in [0.15, 0.2) is 5.78 Å². The third-order valence-corrected chi connectivity index (χ3v) is 2.30. The second-order valence-corrected chi connectivity index (χ2v) is 3.25. The molecule has 1 aliphatic rings. The van der Waals surface area contributed by atoms with E-state index in [0.717, 1.165) is 12.0 Å². The van der Waals surface area contributed by atoms with Crippen molar-refractivity contribution < 1.29 is 9.90 Å². The molecular weight excluding hydrogens is 140 g/mol. The van der Waals surface area contributed by atoms with E-state index in [1.54, 1.807) is 6.92 Å². The minimum absolute atomic E-state index is 0.145. The van der Waals surface area contributed by atoms with Gasteiger partial charge in [0.05, 0.1) is 6.10 Å². The van der Waals surface area contributed by atoms with Crippen molar-refractivity contribution in [1.82, 2.24) is 0 Å². The van der Waals surface area contributed by atoms with Crippen LogP contribution in [-0.4, -0.2) is 17.0 Å². The Morgan fingerprint density at radius 2 is 2.36 bits per heavy atom. The molecule has 11 heavy (non-hydrogen) atoms. The van der Waals surface area contributed by atoms with Gasteiger partial charge < -0.3 is 5.11 Å². The lowest BCUT2D eigenvalue weighted by Gasteiger charge is -2.21. The highest BCUT2D eigenvalue weighted by Gasteiger charge is 2.22. The fourth-order valence-corrected chi connectivity index (χ4v) is 1.29. The molecule has 0 aromatic rings. The zero-order valence-electron chi connectivity index (χ0n) is 7.00. The largest absolute Gasteiger partial charge is 0.393 e. The highest BCUT2D eigenvalue weighted by atomic mass is 16.3. The fraction of sp³-hybridized carbons (Fsp3) is 0.667. The summed E-state index contributed by atoms with van der Waals surface area (Å²) in [4.78, 5) is 11.1. The SMILES string of the molecule is CC1=CC[C@H](C(C)O)CC1=O. The quantitative estimate of drug-likeness (QED) is 0.618. The molecule has 0 spiro atoms. The third kappa shape index (κ3) is 1.90. The average Bonchev–Trinajstić information content (AvgIpc) is 1.94. The Morgan fingerprint density at radius 3 is 2.82 bits per heavy atom. The molecule has 0 fully saturated rings. The number of ketones is 1. The van der Waals surface area contributed by atoms with Crippen molar-refractivity contribution in [2.75, 3.05) is 0 Å². The molecule has 2 nitrogen and oxygen atoms in total. The standard InChI is InChI=1S/C9H14O2/c1-6-3-4-8(7(2)10)5-9(6)11/h3,7-8,10H,4-5H2,1-2H3/t7?,8-/m0/s1. The highest BCUT2D eigenvalue weighted by Crippen LogP contribution is 2.22. The van der Waals surface area contributed by atoms with Crippen LogP contribution in [-0.2, 0) is 4.79 Å². The van der Waals surface area contributed by atoms with E-state index in [4.69, 9.17) is 0 Å². The Morgan fingerprint density at radius 1 is 1.73 bits per heavy atom. The summed E-state index contributed by atoms with van der Waals surface area (Å²) < 4.78 is 0. The summed E-state index contributed by atoms with van der Waals surface area (Å²) in [5.41, 5.74) is 0.849. The monoisotopic (exact) mass is 154 g/mol. The van der Waals surface area contributed by atoms with Crippen molar-refractivity contribution in [2.24, 2.45) is 5.92 Å². The van der Waals surface area contributed by atoms with E-state index in [0.29, 0.717) is 6.42 Å². The van der Waals surface area contributed by atoms with Gasteiger partial charge in [-0.25, -0.2) is 0 Å². The van der Waals surface area contributed by atoms with Gasteiger partial charge in [-0.2, -0.15) is 0 Å². The summed E-state index contributed by atoms with van der Waals surface area (Å²) in [6.45, 7) is 3.58. The van der Waals surface area contributed by atoms with Crippen LogP contribution >= 0.6 is 0 Å². The van der Waals surface area contributed by atoms with E-state index >= 15 is 0 Å². The molecular formula is C9H14O2. The number of rotatable bonds is 1. The maximum atomic E-state index is 11.1. The van der Waals surface area contributed by atoms with Crippen LogP contribution in [0.3, 0.4) is 0 Å². The molecule has 0 bridgehead atoms. The van der Waals surface area contributed by atoms with Gasteiger partial charge in [0.2, 0.25) is 0 Å². The van der Waals surface area contributed by atoms with E-state index in [1.807, 2.05) is 13.0 Å². The number of carbonyl (C=O) groups is 1. The number of carbonyl (C=O) groups excluding carboxylic acids is 1. The van der Waals surface area contributed by atoms with Crippen LogP contribution in [0.25, 0.3) is 0 Å². The van der Waals surface area contributed by atoms with Gasteiger partial charge in [0.25, 0.3) is 0 Å². The summed E-state index contributed by atoms with van der Waals surface area (Å²) in [6, 6.07) is 0. The summed E-state index contributed by atoms with van der Waals surface area (Å²) in [7, 11) is 0. The summed E-state index contributed by atoms with van der Waals surface area (Å²) in [6.07, 6.45) is 2.92. The molecule has 0 radical (unpaired) electrons. The molecule has 0 aromatic heterocycles. The molecule has 0 heterocycles. The molecule has 2 heteroatoms. The predicted octanol–water partition coefficient (Wildman–Crippen LogP) is 1.29. The van der Waals surface area contributed by atoms with Crippen molar-refractivity contribution in [3.63, 3.8) is 0 Å². The van der Waals surface area contributed by atoms with Gasteiger partial charge in [-0.3, -0.25) is 4.79 Å². The van der Waals surface area contributed by atoms with Crippen LogP contribution in [0.1, 0.15) is 26.7 Å². The average molecular weight is 154 g/mol. The van der Waals surface area contributed by atoms with E-state index in [1.165, 1.54) is 0 Å². The number of hydrogen-bond donors (Lipinski definition) is 1. The second-order valence-electron chi connectivity index (χ2n) is 3.25. The predicted molar refractivity (Wildman–Crippen MR) is 43.2 cm³/mol. The Hall–Kier alpha value is -0.630. The molecule has 0 amide bonds. The van der Waals surface area contributed by atoms with Gasteiger partial charge in [-0.05, 0) is 31.8 Å². The molecule has 0 aliphatic heterocycles. The minimum atomic E-state index is -0.358. The van der Waals surface area contributed by atoms with Crippen molar-refractivity contribution >= 4 is 5.78 Å². The Balaban J connectivity index is 2.62. The van der Waals surface area contributed by atoms with Crippen LogP contribution < -0.4 is 0 Å². The maximum absolute atomic E-state index is 11.1. The second kappa shape index (κ2) is 3.18. The van der Waals surface area contributed by atoms with E-state index in [2.05, 4.69) is 0 Å². The molecule has 0 saturated heterocycles. The molecule has 1 rings (SSSR count). The molecule has 2 atom stereocenters. The summed E-state index contributed by atoms with van der Waals surface area (Å²) >= 11 is 0. The minimum Gasteiger partial charge on any atom is -0.393 e. The Labute approximate surface area is 66.9 Å². The number of hydrogen-bond acceptors (Lipinski definition) is 2. The molecule has 1 N–H and O–H groups in total. The first kappa shape index (κ1) is 8.47. The lowest BCUT2D eigenvalue weighted by molar-refractivity contribution is -0.117. The maximum Gasteiger partial charge on any atom is 0.158 e. The number of Topliss-reactive ketones (excluding diaryl/α,β-unsaturated/α-hetero) is 1. The zero-order valence-corrected chi connectivity index (χ0v) is 7.00. The first-order chi connectivity index (χ1) is 5.11. The normalized spacial score (nSPS) is 28.1. The molecule has 1 aliphatic carbocycles.